The lowest BCUT2D eigenvalue weighted by Gasteiger charge is -2.28. The molecule has 6 heteroatoms. The van der Waals surface area contributed by atoms with Gasteiger partial charge in [-0.1, -0.05) is 341 Å². The van der Waals surface area contributed by atoms with E-state index in [9.17, 15) is 0 Å². The maximum Gasteiger partial charge on any atom is 0.143 e. The number of thiophene rings is 1. The van der Waals surface area contributed by atoms with Crippen molar-refractivity contribution in [3.05, 3.63) is 466 Å². The number of nitrogens with zero attached hydrogens (tertiary/aromatic N) is 3. The third kappa shape index (κ3) is 13.9. The van der Waals surface area contributed by atoms with Crippen molar-refractivity contribution >= 4 is 137 Å². The molecule has 19 aromatic carbocycles. The molecular formula is C115H81N3O2S. The molecule has 0 radical (unpaired) electrons. The van der Waals surface area contributed by atoms with Crippen LogP contribution in [0.25, 0.3) is 142 Å². The van der Waals surface area contributed by atoms with E-state index in [1.807, 2.05) is 35.6 Å². The molecule has 1 aliphatic rings. The Morgan fingerprint density at radius 3 is 1.12 bits per heavy atom. The molecule has 0 fully saturated rings. The first-order valence-electron chi connectivity index (χ1n) is 41.3. The summed E-state index contributed by atoms with van der Waals surface area (Å²) in [5.41, 5.74) is 30.8. The SMILES string of the molecule is CC1(C)c2ccccc2-c2ccc(N(c3ccccc3)c3cccc(-c4cccc5c4oc4ccccc45)c3)cc21.c1ccc(-c2ccc(N(c3cccc(-c4cccc5c4oc4ccccc45)c3)c3ccc4ccccc4c3)cc2)cc1.c1ccc(-c2cccc(N(c3ccccc3)c3cccc(-c4cccc5c4sc4ccccc45)c3)c2)cc1. The molecule has 574 valence electrons. The summed E-state index contributed by atoms with van der Waals surface area (Å²) >= 11 is 1.88. The maximum atomic E-state index is 6.40. The van der Waals surface area contributed by atoms with Crippen LogP contribution in [0.5, 0.6) is 0 Å². The maximum absolute atomic E-state index is 6.40. The molecule has 22 aromatic rings. The van der Waals surface area contributed by atoms with Crippen LogP contribution in [0.4, 0.5) is 51.2 Å². The summed E-state index contributed by atoms with van der Waals surface area (Å²) in [6, 6.07) is 162. The molecule has 0 saturated heterocycles. The van der Waals surface area contributed by atoms with Crippen LogP contribution in [0.3, 0.4) is 0 Å². The van der Waals surface area contributed by atoms with Crippen molar-refractivity contribution in [3.63, 3.8) is 0 Å². The zero-order chi connectivity index (χ0) is 80.7. The van der Waals surface area contributed by atoms with Crippen LogP contribution in [0.15, 0.2) is 464 Å². The lowest BCUT2D eigenvalue weighted by Crippen LogP contribution is -2.16. The number of rotatable bonds is 14. The van der Waals surface area contributed by atoms with Gasteiger partial charge >= 0.3 is 0 Å². The standard InChI is InChI=1S/C40H27NO.C39H29NO.C36H25NS/c1-2-10-28(11-3-1)30-20-23-33(24-21-30)41(35-25-22-29-12-4-5-13-31(29)26-35)34-15-8-14-32(27-34)36-17-9-18-38-37-16-6-7-19-39(37)42-40(36)38;1-39(2)35-20-8-6-16-31(35)32-23-22-29(25-36(32)39)40(27-13-4-3-5-14-27)28-15-10-12-26(24-28)30-18-11-19-34-33-17-7-9-21-37(33)41-38(30)34;1-3-12-26(13-4-1)27-14-9-18-30(24-27)37(29-16-5-2-6-17-29)31-19-10-15-28(25-31)32-21-11-22-34-33-20-7-8-23-35(33)38-36(32)34/h1-27H;3-25H,1-2H3;1-25H. The van der Waals surface area contributed by atoms with Gasteiger partial charge in [-0.2, -0.15) is 0 Å². The van der Waals surface area contributed by atoms with Crippen molar-refractivity contribution in [2.24, 2.45) is 0 Å². The number of furan rings is 2. The molecule has 23 rings (SSSR count). The summed E-state index contributed by atoms with van der Waals surface area (Å²) in [7, 11) is 0. The fourth-order valence-corrected chi connectivity index (χ4v) is 19.1. The average Bonchev–Trinajstić information content (AvgIpc) is 1.58. The topological polar surface area (TPSA) is 36.0 Å². The first-order chi connectivity index (χ1) is 59.8. The lowest BCUT2D eigenvalue weighted by molar-refractivity contribution is 0.660. The predicted octanol–water partition coefficient (Wildman–Crippen LogP) is 33.4. The van der Waals surface area contributed by atoms with E-state index < -0.39 is 0 Å². The molecule has 0 aliphatic heterocycles. The predicted molar refractivity (Wildman–Crippen MR) is 513 cm³/mol. The Balaban J connectivity index is 0.000000112. The summed E-state index contributed by atoms with van der Waals surface area (Å²) in [6.07, 6.45) is 0. The number of fused-ring (bicyclic) bond motifs is 13. The molecule has 0 spiro atoms. The Labute approximate surface area is 708 Å². The molecule has 3 aromatic heterocycles. The number of hydrogen-bond acceptors (Lipinski definition) is 6. The van der Waals surface area contributed by atoms with Gasteiger partial charge in [-0.3, -0.25) is 0 Å². The van der Waals surface area contributed by atoms with Crippen LogP contribution in [0, 0.1) is 0 Å². The number of anilines is 9. The lowest BCUT2D eigenvalue weighted by atomic mass is 9.82. The fourth-order valence-electron chi connectivity index (χ4n) is 17.9. The first kappa shape index (κ1) is 73.3. The molecule has 1 aliphatic carbocycles. The van der Waals surface area contributed by atoms with Crippen molar-refractivity contribution in [1.29, 1.82) is 0 Å². The molecule has 3 heterocycles. The highest BCUT2D eigenvalue weighted by atomic mass is 32.1. The van der Waals surface area contributed by atoms with E-state index in [2.05, 4.69) is 459 Å². The van der Waals surface area contributed by atoms with E-state index >= 15 is 0 Å². The van der Waals surface area contributed by atoms with Gasteiger partial charge in [-0.15, -0.1) is 11.3 Å². The van der Waals surface area contributed by atoms with Crippen LogP contribution in [0.2, 0.25) is 0 Å². The van der Waals surface area contributed by atoms with Crippen LogP contribution in [-0.2, 0) is 5.41 Å². The quantitative estimate of drug-likeness (QED) is 0.108. The zero-order valence-corrected chi connectivity index (χ0v) is 67.7. The van der Waals surface area contributed by atoms with Crippen LogP contribution < -0.4 is 14.7 Å². The summed E-state index contributed by atoms with van der Waals surface area (Å²) in [4.78, 5) is 7.05. The Morgan fingerprint density at radius 1 is 0.207 bits per heavy atom. The molecule has 0 saturated carbocycles. The molecule has 0 unspecified atom stereocenters. The van der Waals surface area contributed by atoms with Gasteiger partial charge in [0.25, 0.3) is 0 Å². The van der Waals surface area contributed by atoms with Crippen molar-refractivity contribution < 1.29 is 8.83 Å². The van der Waals surface area contributed by atoms with Gasteiger partial charge in [0.1, 0.15) is 22.3 Å². The van der Waals surface area contributed by atoms with E-state index in [4.69, 9.17) is 8.83 Å². The first-order valence-corrected chi connectivity index (χ1v) is 42.1. The largest absolute Gasteiger partial charge is 0.455 e. The summed E-state index contributed by atoms with van der Waals surface area (Å²) < 4.78 is 15.5. The molecule has 0 atom stereocenters. The molecule has 0 amide bonds. The van der Waals surface area contributed by atoms with Crippen LogP contribution >= 0.6 is 11.3 Å². The highest BCUT2D eigenvalue weighted by Crippen LogP contribution is 2.52. The second-order valence-electron chi connectivity index (χ2n) is 31.4. The minimum atomic E-state index is -0.0664. The second-order valence-corrected chi connectivity index (χ2v) is 32.5. The van der Waals surface area contributed by atoms with Gasteiger partial charge in [-0.25, -0.2) is 0 Å². The Morgan fingerprint density at radius 2 is 0.554 bits per heavy atom. The minimum absolute atomic E-state index is 0.0664. The Bertz CT molecular complexity index is 7580. The van der Waals surface area contributed by atoms with Crippen LogP contribution in [-0.4, -0.2) is 0 Å². The molecule has 5 nitrogen and oxygen atoms in total. The second kappa shape index (κ2) is 31.6. The van der Waals surface area contributed by atoms with E-state index in [1.54, 1.807) is 0 Å². The average molecular weight is 1570 g/mol. The van der Waals surface area contributed by atoms with Gasteiger partial charge in [0, 0.05) is 109 Å². The van der Waals surface area contributed by atoms with Gasteiger partial charge < -0.3 is 23.5 Å². The van der Waals surface area contributed by atoms with Gasteiger partial charge in [0.05, 0.1) is 0 Å². The highest BCUT2D eigenvalue weighted by Gasteiger charge is 2.36. The fraction of sp³-hybridized carbons (Fsp3) is 0.0261. The van der Waals surface area contributed by atoms with E-state index in [0.717, 1.165) is 117 Å². The van der Waals surface area contributed by atoms with Crippen molar-refractivity contribution in [3.8, 4) is 66.8 Å². The Kier molecular flexibility index (Phi) is 19.1. The molecule has 121 heavy (non-hydrogen) atoms. The van der Waals surface area contributed by atoms with Crippen LogP contribution in [0.1, 0.15) is 25.0 Å². The monoisotopic (exact) mass is 1570 g/mol. The highest BCUT2D eigenvalue weighted by molar-refractivity contribution is 7.26. The Hall–Kier alpha value is -15.3. The third-order valence-electron chi connectivity index (χ3n) is 23.7. The summed E-state index contributed by atoms with van der Waals surface area (Å²) in [5.74, 6) is 0. The van der Waals surface area contributed by atoms with E-state index in [1.165, 1.54) is 86.6 Å². The van der Waals surface area contributed by atoms with Crippen molar-refractivity contribution in [1.82, 2.24) is 0 Å². The molecule has 0 bridgehead atoms. The van der Waals surface area contributed by atoms with Crippen molar-refractivity contribution in [2.45, 2.75) is 19.3 Å². The summed E-state index contributed by atoms with van der Waals surface area (Å²) in [5, 5.41) is 9.66. The number of para-hydroxylation sites is 6. The molecule has 0 N–H and O–H groups in total. The summed E-state index contributed by atoms with van der Waals surface area (Å²) in [6.45, 7) is 4.67. The smallest absolute Gasteiger partial charge is 0.143 e. The van der Waals surface area contributed by atoms with Crippen molar-refractivity contribution in [2.75, 3.05) is 14.7 Å². The number of benzene rings is 19. The van der Waals surface area contributed by atoms with Gasteiger partial charge in [-0.05, 0) is 205 Å². The van der Waals surface area contributed by atoms with Gasteiger partial charge in [0.2, 0.25) is 0 Å². The third-order valence-corrected chi connectivity index (χ3v) is 25.0. The molecular weight excluding hydrogens is 1490 g/mol. The van der Waals surface area contributed by atoms with E-state index in [0.29, 0.717) is 0 Å². The number of hydrogen-bond donors (Lipinski definition) is 0. The normalized spacial score (nSPS) is 12.0. The zero-order valence-electron chi connectivity index (χ0n) is 66.9. The minimum Gasteiger partial charge on any atom is -0.455 e. The van der Waals surface area contributed by atoms with Gasteiger partial charge in [0.15, 0.2) is 0 Å². The van der Waals surface area contributed by atoms with E-state index in [-0.39, 0.29) is 5.41 Å².